The highest BCUT2D eigenvalue weighted by Gasteiger charge is 2.04. The summed E-state index contributed by atoms with van der Waals surface area (Å²) in [6.45, 7) is 4.12. The Morgan fingerprint density at radius 2 is 1.96 bits per heavy atom. The van der Waals surface area contributed by atoms with Gasteiger partial charge in [-0.25, -0.2) is 4.99 Å². The standard InChI is InChI=1S/C18H22N6.HI/c1-3-19-18(22-13-16-9-11-23-24(16)2)21-12-15-7-4-6-14-8-5-10-20-17(14)15;/h4-11H,3,12-13H2,1-2H3,(H2,19,21,22);1H. The number of aromatic nitrogens is 3. The van der Waals surface area contributed by atoms with E-state index in [4.69, 9.17) is 0 Å². The molecule has 25 heavy (non-hydrogen) atoms. The average Bonchev–Trinajstić information content (AvgIpc) is 3.02. The fourth-order valence-electron chi connectivity index (χ4n) is 2.55. The van der Waals surface area contributed by atoms with Crippen molar-refractivity contribution in [2.24, 2.45) is 12.0 Å². The minimum absolute atomic E-state index is 0. The molecule has 2 aromatic heterocycles. The summed E-state index contributed by atoms with van der Waals surface area (Å²) in [5, 5.41) is 11.9. The molecule has 2 heterocycles. The monoisotopic (exact) mass is 450 g/mol. The van der Waals surface area contributed by atoms with E-state index in [1.54, 1.807) is 6.20 Å². The van der Waals surface area contributed by atoms with Gasteiger partial charge in [0.05, 0.1) is 24.3 Å². The summed E-state index contributed by atoms with van der Waals surface area (Å²) in [5.41, 5.74) is 3.23. The van der Waals surface area contributed by atoms with Gasteiger partial charge in [0.15, 0.2) is 5.96 Å². The van der Waals surface area contributed by atoms with Gasteiger partial charge in [0.2, 0.25) is 0 Å². The molecule has 132 valence electrons. The quantitative estimate of drug-likeness (QED) is 0.357. The number of hydrogen-bond acceptors (Lipinski definition) is 3. The van der Waals surface area contributed by atoms with Crippen LogP contribution in [-0.4, -0.2) is 27.3 Å². The number of rotatable bonds is 5. The number of guanidine groups is 1. The molecule has 1 aromatic carbocycles. The second-order valence-electron chi connectivity index (χ2n) is 5.49. The molecule has 0 unspecified atom stereocenters. The molecule has 0 atom stereocenters. The Bertz CT molecular complexity index is 837. The van der Waals surface area contributed by atoms with Crippen LogP contribution in [0.3, 0.4) is 0 Å². The van der Waals surface area contributed by atoms with Crippen LogP contribution < -0.4 is 10.6 Å². The zero-order valence-electron chi connectivity index (χ0n) is 14.4. The molecule has 6 nitrogen and oxygen atoms in total. The summed E-state index contributed by atoms with van der Waals surface area (Å²) in [4.78, 5) is 9.17. The van der Waals surface area contributed by atoms with E-state index in [0.717, 1.165) is 34.7 Å². The van der Waals surface area contributed by atoms with Crippen molar-refractivity contribution in [3.05, 3.63) is 60.0 Å². The minimum Gasteiger partial charge on any atom is -0.357 e. The van der Waals surface area contributed by atoms with Gasteiger partial charge in [-0.05, 0) is 24.6 Å². The van der Waals surface area contributed by atoms with Crippen molar-refractivity contribution in [2.45, 2.75) is 20.0 Å². The summed E-state index contributed by atoms with van der Waals surface area (Å²) in [5.74, 6) is 0.784. The maximum Gasteiger partial charge on any atom is 0.191 e. The highest BCUT2D eigenvalue weighted by molar-refractivity contribution is 14.0. The van der Waals surface area contributed by atoms with Gasteiger partial charge in [-0.1, -0.05) is 24.3 Å². The summed E-state index contributed by atoms with van der Waals surface area (Å²) in [6, 6.07) is 12.2. The number of para-hydroxylation sites is 1. The highest BCUT2D eigenvalue weighted by atomic mass is 127. The van der Waals surface area contributed by atoms with Crippen molar-refractivity contribution in [1.82, 2.24) is 25.4 Å². The topological polar surface area (TPSA) is 67.1 Å². The normalized spacial score (nSPS) is 11.2. The maximum atomic E-state index is 4.69. The van der Waals surface area contributed by atoms with E-state index in [9.17, 15) is 0 Å². The first-order valence-corrected chi connectivity index (χ1v) is 8.09. The molecule has 0 radical (unpaired) electrons. The lowest BCUT2D eigenvalue weighted by Crippen LogP contribution is -2.37. The zero-order chi connectivity index (χ0) is 16.8. The Morgan fingerprint density at radius 3 is 2.72 bits per heavy atom. The molecule has 3 rings (SSSR count). The molecule has 0 bridgehead atoms. The third kappa shape index (κ3) is 4.91. The fourth-order valence-corrected chi connectivity index (χ4v) is 2.55. The number of fused-ring (bicyclic) bond motifs is 1. The highest BCUT2D eigenvalue weighted by Crippen LogP contribution is 2.16. The van der Waals surface area contributed by atoms with Crippen LogP contribution in [0.1, 0.15) is 18.2 Å². The second-order valence-corrected chi connectivity index (χ2v) is 5.49. The third-order valence-electron chi connectivity index (χ3n) is 3.83. The van der Waals surface area contributed by atoms with E-state index in [1.165, 1.54) is 0 Å². The van der Waals surface area contributed by atoms with Gasteiger partial charge in [0.1, 0.15) is 0 Å². The molecule has 7 heteroatoms. The Hall–Kier alpha value is -2.16. The predicted molar refractivity (Wildman–Crippen MR) is 112 cm³/mol. The van der Waals surface area contributed by atoms with Crippen LogP contribution in [0.25, 0.3) is 10.9 Å². The van der Waals surface area contributed by atoms with Crippen molar-refractivity contribution < 1.29 is 0 Å². The largest absolute Gasteiger partial charge is 0.357 e. The number of pyridine rings is 1. The molecule has 0 amide bonds. The Labute approximate surface area is 164 Å². The van der Waals surface area contributed by atoms with Crippen molar-refractivity contribution >= 4 is 40.8 Å². The molecule has 0 aliphatic rings. The summed E-state index contributed by atoms with van der Waals surface area (Å²) in [7, 11) is 1.93. The SMILES string of the molecule is CCNC(=NCc1cccc2cccnc12)NCc1ccnn1C.I. The van der Waals surface area contributed by atoms with Crippen molar-refractivity contribution in [3.63, 3.8) is 0 Å². The summed E-state index contributed by atoms with van der Waals surface area (Å²) >= 11 is 0. The Balaban J connectivity index is 0.00000225. The van der Waals surface area contributed by atoms with Gasteiger partial charge in [0.25, 0.3) is 0 Å². The number of aliphatic imine (C=N–C) groups is 1. The van der Waals surface area contributed by atoms with Crippen LogP contribution in [0.15, 0.2) is 53.8 Å². The number of halogens is 1. The van der Waals surface area contributed by atoms with E-state index in [1.807, 2.05) is 36.1 Å². The second kappa shape index (κ2) is 9.36. The number of aryl methyl sites for hydroxylation is 1. The van der Waals surface area contributed by atoms with Crippen molar-refractivity contribution in [1.29, 1.82) is 0 Å². The molecule has 0 saturated heterocycles. The first kappa shape index (κ1) is 19.2. The smallest absolute Gasteiger partial charge is 0.191 e. The first-order valence-electron chi connectivity index (χ1n) is 8.09. The Morgan fingerprint density at radius 1 is 1.12 bits per heavy atom. The van der Waals surface area contributed by atoms with Crippen LogP contribution >= 0.6 is 24.0 Å². The van der Waals surface area contributed by atoms with E-state index in [2.05, 4.69) is 50.8 Å². The minimum atomic E-state index is 0. The molecule has 0 fully saturated rings. The van der Waals surface area contributed by atoms with Crippen LogP contribution in [0.2, 0.25) is 0 Å². The van der Waals surface area contributed by atoms with Gasteiger partial charge < -0.3 is 10.6 Å². The van der Waals surface area contributed by atoms with Gasteiger partial charge in [-0.2, -0.15) is 5.10 Å². The van der Waals surface area contributed by atoms with Crippen molar-refractivity contribution in [3.8, 4) is 0 Å². The molecule has 2 N–H and O–H groups in total. The Kier molecular flexibility index (Phi) is 7.17. The van der Waals surface area contributed by atoms with Crippen LogP contribution in [0, 0.1) is 0 Å². The predicted octanol–water partition coefficient (Wildman–Crippen LogP) is 2.84. The third-order valence-corrected chi connectivity index (χ3v) is 3.83. The number of nitrogens with one attached hydrogen (secondary N) is 2. The number of hydrogen-bond donors (Lipinski definition) is 2. The fraction of sp³-hybridized carbons (Fsp3) is 0.278. The first-order chi connectivity index (χ1) is 11.8. The van der Waals surface area contributed by atoms with Gasteiger partial charge in [0, 0.05) is 31.4 Å². The molecule has 0 aliphatic carbocycles. The molecule has 0 saturated carbocycles. The number of nitrogens with zero attached hydrogens (tertiary/aromatic N) is 4. The maximum absolute atomic E-state index is 4.69. The lowest BCUT2D eigenvalue weighted by molar-refractivity contribution is 0.685. The number of benzene rings is 1. The lowest BCUT2D eigenvalue weighted by Gasteiger charge is -2.12. The zero-order valence-corrected chi connectivity index (χ0v) is 16.8. The molecular weight excluding hydrogens is 427 g/mol. The van der Waals surface area contributed by atoms with Gasteiger partial charge >= 0.3 is 0 Å². The van der Waals surface area contributed by atoms with Crippen molar-refractivity contribution in [2.75, 3.05) is 6.54 Å². The van der Waals surface area contributed by atoms with Crippen LogP contribution in [0.5, 0.6) is 0 Å². The molecular formula is C18H23IN6. The van der Waals surface area contributed by atoms with Crippen LogP contribution in [0.4, 0.5) is 0 Å². The molecule has 3 aromatic rings. The van der Waals surface area contributed by atoms with E-state index in [-0.39, 0.29) is 24.0 Å². The van der Waals surface area contributed by atoms with Gasteiger partial charge in [-0.15, -0.1) is 24.0 Å². The molecule has 0 aliphatic heterocycles. The average molecular weight is 450 g/mol. The summed E-state index contributed by atoms with van der Waals surface area (Å²) in [6.07, 6.45) is 3.62. The van der Waals surface area contributed by atoms with Gasteiger partial charge in [-0.3, -0.25) is 9.67 Å². The van der Waals surface area contributed by atoms with Crippen LogP contribution in [-0.2, 0) is 20.1 Å². The van der Waals surface area contributed by atoms with E-state index >= 15 is 0 Å². The lowest BCUT2D eigenvalue weighted by atomic mass is 10.1. The van der Waals surface area contributed by atoms with E-state index in [0.29, 0.717) is 13.1 Å². The summed E-state index contributed by atoms with van der Waals surface area (Å²) < 4.78 is 1.85. The molecule has 0 spiro atoms. The van der Waals surface area contributed by atoms with E-state index < -0.39 is 0 Å².